The molecule has 2 nitrogen and oxygen atoms in total. The molecular weight excluding hydrogens is 227 g/mol. The van der Waals surface area contributed by atoms with E-state index < -0.39 is 0 Å². The van der Waals surface area contributed by atoms with Gasteiger partial charge in [0.2, 0.25) is 0 Å². The van der Waals surface area contributed by atoms with Crippen LogP contribution in [0.4, 0.5) is 0 Å². The van der Waals surface area contributed by atoms with E-state index in [9.17, 15) is 0 Å². The maximum absolute atomic E-state index is 4.88. The predicted octanol–water partition coefficient (Wildman–Crippen LogP) is -0.885. The summed E-state index contributed by atoms with van der Waals surface area (Å²) in [5.41, 5.74) is 1.08. The topological polar surface area (TPSA) is 25.8 Å². The first-order valence-corrected chi connectivity index (χ1v) is 4.65. The van der Waals surface area contributed by atoms with Crippen molar-refractivity contribution in [3.63, 3.8) is 0 Å². The van der Waals surface area contributed by atoms with E-state index in [0.717, 1.165) is 10.6 Å². The minimum Gasteiger partial charge on any atom is -0.406 e. The second kappa shape index (κ2) is 5.50. The maximum atomic E-state index is 4.88. The molecule has 1 aromatic carbocycles. The van der Waals surface area contributed by atoms with Crippen LogP contribution >= 0.6 is 11.3 Å². The predicted molar refractivity (Wildman–Crippen MR) is 51.0 cm³/mol. The fourth-order valence-electron chi connectivity index (χ4n) is 0.907. The Kier molecular flexibility index (Phi) is 4.95. The zero-order valence-electron chi connectivity index (χ0n) is 7.10. The Morgan fingerprint density at radius 3 is 2.31 bits per heavy atom. The number of nitrogens with zero attached hydrogens (tertiary/aromatic N) is 2. The molecule has 0 radical (unpaired) electrons. The van der Waals surface area contributed by atoms with Crippen LogP contribution in [-0.4, -0.2) is 10.2 Å². The summed E-state index contributed by atoms with van der Waals surface area (Å²) in [6, 6.07) is 9.91. The molecule has 0 saturated carbocycles. The van der Waals surface area contributed by atoms with Crippen LogP contribution in [0.2, 0.25) is 0 Å². The molecule has 0 bridgehead atoms. The zero-order chi connectivity index (χ0) is 8.39. The van der Waals surface area contributed by atoms with Gasteiger partial charge in [-0.15, -0.1) is 0 Å². The van der Waals surface area contributed by atoms with Crippen LogP contribution in [0.25, 0.3) is 10.6 Å². The van der Waals surface area contributed by atoms with E-state index in [1.165, 1.54) is 11.3 Å². The molecule has 0 saturated heterocycles. The fraction of sp³-hybridized carbons (Fsp3) is 0. The van der Waals surface area contributed by atoms with Gasteiger partial charge in [-0.05, 0) is 9.90 Å². The van der Waals surface area contributed by atoms with E-state index >= 15 is 0 Å². The van der Waals surface area contributed by atoms with Crippen LogP contribution in [0.3, 0.4) is 0 Å². The Morgan fingerprint density at radius 1 is 1.08 bits per heavy atom. The molecule has 0 aliphatic carbocycles. The number of aromatic nitrogens is 2. The molecule has 1 aromatic heterocycles. The third-order valence-corrected chi connectivity index (χ3v) is 2.53. The van der Waals surface area contributed by atoms with E-state index in [4.69, 9.17) is 12.6 Å². The molecule has 0 N–H and O–H groups in total. The summed E-state index contributed by atoms with van der Waals surface area (Å²) in [5, 5.41) is 8.62. The molecular formula is C8H5KN2S2. The van der Waals surface area contributed by atoms with Gasteiger partial charge in [0, 0.05) is 0 Å². The van der Waals surface area contributed by atoms with Crippen molar-refractivity contribution < 1.29 is 51.4 Å². The summed E-state index contributed by atoms with van der Waals surface area (Å²) in [5.74, 6) is 0. The van der Waals surface area contributed by atoms with Gasteiger partial charge < -0.3 is 24.0 Å². The Balaban J connectivity index is 0.000000845. The molecule has 5 heteroatoms. The summed E-state index contributed by atoms with van der Waals surface area (Å²) in [4.78, 5) is 0. The van der Waals surface area contributed by atoms with Gasteiger partial charge in [0.15, 0.2) is 0 Å². The van der Waals surface area contributed by atoms with Crippen molar-refractivity contribution >= 4 is 24.0 Å². The quantitative estimate of drug-likeness (QED) is 0.471. The van der Waals surface area contributed by atoms with Gasteiger partial charge in [-0.3, -0.25) is 0 Å². The van der Waals surface area contributed by atoms with Crippen molar-refractivity contribution in [3.8, 4) is 10.6 Å². The van der Waals surface area contributed by atoms with E-state index in [1.807, 2.05) is 30.3 Å². The number of hydrogen-bond donors (Lipinski definition) is 0. The monoisotopic (exact) mass is 232 g/mol. The van der Waals surface area contributed by atoms with Gasteiger partial charge in [0.05, 0.1) is 5.01 Å². The smallest absolute Gasteiger partial charge is 0.406 e. The Labute approximate surface area is 129 Å². The first kappa shape index (κ1) is 11.7. The van der Waals surface area contributed by atoms with Gasteiger partial charge in [-0.2, -0.15) is 10.2 Å². The molecule has 0 aliphatic heterocycles. The molecule has 2 rings (SSSR count). The SMILES string of the molecule is [K+].[S-]c1nnc(-c2ccccc2)s1. The Hall–Kier alpha value is 0.636. The van der Waals surface area contributed by atoms with Gasteiger partial charge in [0.1, 0.15) is 0 Å². The number of rotatable bonds is 1. The number of hydrogen-bond acceptors (Lipinski definition) is 4. The molecule has 0 fully saturated rings. The summed E-state index contributed by atoms with van der Waals surface area (Å²) in [6.07, 6.45) is 0. The second-order valence-corrected chi connectivity index (χ2v) is 3.86. The Bertz CT molecular complexity index is 375. The number of benzene rings is 1. The van der Waals surface area contributed by atoms with Gasteiger partial charge in [0.25, 0.3) is 0 Å². The van der Waals surface area contributed by atoms with Crippen molar-refractivity contribution in [2.75, 3.05) is 0 Å². The van der Waals surface area contributed by atoms with Crippen molar-refractivity contribution in [3.05, 3.63) is 30.3 Å². The molecule has 0 atom stereocenters. The summed E-state index contributed by atoms with van der Waals surface area (Å²) in [6.45, 7) is 0. The molecule has 0 unspecified atom stereocenters. The maximum Gasteiger partial charge on any atom is 1.00 e. The molecule has 60 valence electrons. The largest absolute Gasteiger partial charge is 1.00 e. The van der Waals surface area contributed by atoms with Crippen LogP contribution in [0.1, 0.15) is 0 Å². The van der Waals surface area contributed by atoms with E-state index in [2.05, 4.69) is 10.2 Å². The fourth-order valence-corrected chi connectivity index (χ4v) is 1.77. The third-order valence-electron chi connectivity index (χ3n) is 1.43. The van der Waals surface area contributed by atoms with Crippen molar-refractivity contribution in [2.45, 2.75) is 4.34 Å². The Morgan fingerprint density at radius 2 is 1.77 bits per heavy atom. The van der Waals surface area contributed by atoms with E-state index in [0.29, 0.717) is 4.34 Å². The van der Waals surface area contributed by atoms with Crippen LogP contribution in [0.15, 0.2) is 34.7 Å². The minimum absolute atomic E-state index is 0. The van der Waals surface area contributed by atoms with Crippen LogP contribution in [-0.2, 0) is 12.6 Å². The average molecular weight is 232 g/mol. The van der Waals surface area contributed by atoms with Crippen LogP contribution in [0.5, 0.6) is 0 Å². The normalized spacial score (nSPS) is 9.23. The first-order chi connectivity index (χ1) is 5.86. The van der Waals surface area contributed by atoms with Crippen molar-refractivity contribution in [2.24, 2.45) is 0 Å². The molecule has 0 aliphatic rings. The standard InChI is InChI=1S/C8H6N2S2.K/c11-8-10-9-7(12-8)6-4-2-1-3-5-6;/h1-5H,(H,10,11);/q;+1/p-1. The van der Waals surface area contributed by atoms with Gasteiger partial charge >= 0.3 is 51.4 Å². The summed E-state index contributed by atoms with van der Waals surface area (Å²) >= 11 is 6.31. The average Bonchev–Trinajstić information content (AvgIpc) is 2.54. The van der Waals surface area contributed by atoms with Crippen LogP contribution in [0, 0.1) is 0 Å². The van der Waals surface area contributed by atoms with Gasteiger partial charge in [-0.25, -0.2) is 0 Å². The molecule has 1 heterocycles. The van der Waals surface area contributed by atoms with Crippen molar-refractivity contribution in [1.82, 2.24) is 10.2 Å². The second-order valence-electron chi connectivity index (χ2n) is 2.24. The first-order valence-electron chi connectivity index (χ1n) is 3.42. The van der Waals surface area contributed by atoms with E-state index in [1.54, 1.807) is 0 Å². The zero-order valence-corrected chi connectivity index (χ0v) is 11.9. The summed E-state index contributed by atoms with van der Waals surface area (Å²) < 4.78 is 0.592. The van der Waals surface area contributed by atoms with Gasteiger partial charge in [-0.1, -0.05) is 30.3 Å². The molecule has 2 aromatic rings. The van der Waals surface area contributed by atoms with Crippen molar-refractivity contribution in [1.29, 1.82) is 0 Å². The third kappa shape index (κ3) is 3.05. The van der Waals surface area contributed by atoms with Crippen LogP contribution < -0.4 is 51.4 Å². The minimum atomic E-state index is 0. The molecule has 0 spiro atoms. The molecule has 13 heavy (non-hydrogen) atoms. The van der Waals surface area contributed by atoms with E-state index in [-0.39, 0.29) is 51.4 Å². The summed E-state index contributed by atoms with van der Waals surface area (Å²) in [7, 11) is 0. The molecule has 0 amide bonds.